The molecule has 1 unspecified atom stereocenters. The van der Waals surface area contributed by atoms with Crippen LogP contribution in [-0.4, -0.2) is 60.4 Å². The predicted octanol–water partition coefficient (Wildman–Crippen LogP) is 4.74. The molecule has 1 aromatic carbocycles. The Morgan fingerprint density at radius 3 is 2.41 bits per heavy atom. The van der Waals surface area contributed by atoms with Gasteiger partial charge < -0.3 is 14.7 Å². The third-order valence-electron chi connectivity index (χ3n) is 9.00. The van der Waals surface area contributed by atoms with Crippen LogP contribution < -0.4 is 4.90 Å². The lowest BCUT2D eigenvalue weighted by Crippen LogP contribution is -2.56. The minimum Gasteiger partial charge on any atom is -0.458 e. The van der Waals surface area contributed by atoms with Gasteiger partial charge in [-0.25, -0.2) is 0 Å². The summed E-state index contributed by atoms with van der Waals surface area (Å²) in [6.07, 6.45) is 4.65. The molecule has 0 spiro atoms. The first-order chi connectivity index (χ1) is 16.1. The van der Waals surface area contributed by atoms with Crippen molar-refractivity contribution in [2.45, 2.75) is 72.5 Å². The SMILES string of the molecule is CC(=O)O[C@@H]1C[C@@]2(O)[C@H](C)CC[C@@H](C(C)CN3CCN(c4c(C)cccc4C)CC3)[C@H]2C=C1C. The molecular weight excluding hydrogens is 424 g/mol. The molecule has 0 radical (unpaired) electrons. The van der Waals surface area contributed by atoms with Crippen LogP contribution in [-0.2, 0) is 9.53 Å². The van der Waals surface area contributed by atoms with Gasteiger partial charge in [-0.15, -0.1) is 0 Å². The average molecular weight is 469 g/mol. The molecule has 6 atom stereocenters. The van der Waals surface area contributed by atoms with Crippen molar-refractivity contribution in [2.75, 3.05) is 37.6 Å². The summed E-state index contributed by atoms with van der Waals surface area (Å²) in [6.45, 7) is 17.9. The summed E-state index contributed by atoms with van der Waals surface area (Å²) in [7, 11) is 0. The minimum atomic E-state index is -0.794. The Hall–Kier alpha value is -1.85. The number of piperazine rings is 1. The molecule has 4 rings (SSSR count). The molecule has 1 aliphatic heterocycles. The summed E-state index contributed by atoms with van der Waals surface area (Å²) in [5.74, 6) is 1.03. The van der Waals surface area contributed by atoms with E-state index in [0.29, 0.717) is 18.3 Å². The first-order valence-corrected chi connectivity index (χ1v) is 13.2. The largest absolute Gasteiger partial charge is 0.458 e. The zero-order valence-corrected chi connectivity index (χ0v) is 22.0. The van der Waals surface area contributed by atoms with E-state index in [4.69, 9.17) is 4.74 Å². The van der Waals surface area contributed by atoms with Gasteiger partial charge in [0.05, 0.1) is 5.60 Å². The molecule has 34 heavy (non-hydrogen) atoms. The van der Waals surface area contributed by atoms with E-state index in [1.54, 1.807) is 0 Å². The highest BCUT2D eigenvalue weighted by Crippen LogP contribution is 2.51. The second-order valence-corrected chi connectivity index (χ2v) is 11.4. The number of anilines is 1. The summed E-state index contributed by atoms with van der Waals surface area (Å²) in [5.41, 5.74) is 4.44. The maximum Gasteiger partial charge on any atom is 0.303 e. The maximum atomic E-state index is 11.8. The van der Waals surface area contributed by atoms with E-state index in [2.05, 4.69) is 68.7 Å². The van der Waals surface area contributed by atoms with Crippen LogP contribution >= 0.6 is 0 Å². The molecule has 0 bridgehead atoms. The van der Waals surface area contributed by atoms with Crippen LogP contribution in [0, 0.1) is 37.5 Å². The van der Waals surface area contributed by atoms with Crippen molar-refractivity contribution < 1.29 is 14.6 Å². The van der Waals surface area contributed by atoms with Gasteiger partial charge in [-0.05, 0) is 68.1 Å². The van der Waals surface area contributed by atoms with Crippen molar-refractivity contribution in [3.8, 4) is 0 Å². The van der Waals surface area contributed by atoms with Crippen LogP contribution in [0.25, 0.3) is 0 Å². The number of rotatable bonds is 5. The Kier molecular flexibility index (Phi) is 7.44. The molecule has 1 heterocycles. The van der Waals surface area contributed by atoms with E-state index < -0.39 is 5.60 Å². The van der Waals surface area contributed by atoms with E-state index in [1.807, 2.05) is 0 Å². The highest BCUT2D eigenvalue weighted by atomic mass is 16.5. The molecule has 5 nitrogen and oxygen atoms in total. The lowest BCUT2D eigenvalue weighted by atomic mass is 9.57. The number of aliphatic hydroxyl groups is 1. The van der Waals surface area contributed by atoms with E-state index in [1.165, 1.54) is 23.7 Å². The molecule has 2 aliphatic carbocycles. The Morgan fingerprint density at radius 2 is 1.79 bits per heavy atom. The number of nitrogens with zero attached hydrogens (tertiary/aromatic N) is 2. The minimum absolute atomic E-state index is 0.133. The van der Waals surface area contributed by atoms with Gasteiger partial charge in [0.25, 0.3) is 0 Å². The van der Waals surface area contributed by atoms with Crippen LogP contribution in [0.5, 0.6) is 0 Å². The molecule has 0 aromatic heterocycles. The summed E-state index contributed by atoms with van der Waals surface area (Å²) in [4.78, 5) is 16.8. The number of hydrogen-bond donors (Lipinski definition) is 1. The second-order valence-electron chi connectivity index (χ2n) is 11.4. The molecular formula is C29H44N2O3. The zero-order chi connectivity index (χ0) is 24.6. The van der Waals surface area contributed by atoms with Crippen LogP contribution in [0.3, 0.4) is 0 Å². The maximum absolute atomic E-state index is 11.8. The lowest BCUT2D eigenvalue weighted by molar-refractivity contribution is -0.159. The van der Waals surface area contributed by atoms with Crippen LogP contribution in [0.4, 0.5) is 5.69 Å². The van der Waals surface area contributed by atoms with E-state index in [0.717, 1.165) is 51.1 Å². The number of carbonyl (C=O) groups excluding carboxylic acids is 1. The Morgan fingerprint density at radius 1 is 1.15 bits per heavy atom. The van der Waals surface area contributed by atoms with Crippen LogP contribution in [0.1, 0.15) is 58.1 Å². The molecule has 1 saturated heterocycles. The average Bonchev–Trinajstić information content (AvgIpc) is 2.77. The molecule has 1 aromatic rings. The van der Waals surface area contributed by atoms with Crippen molar-refractivity contribution >= 4 is 11.7 Å². The number of aryl methyl sites for hydroxylation is 2. The van der Waals surface area contributed by atoms with Gasteiger partial charge in [-0.1, -0.05) is 38.1 Å². The summed E-state index contributed by atoms with van der Waals surface area (Å²) in [5, 5.41) is 11.8. The van der Waals surface area contributed by atoms with Gasteiger partial charge in [0.2, 0.25) is 0 Å². The smallest absolute Gasteiger partial charge is 0.303 e. The lowest BCUT2D eigenvalue weighted by Gasteiger charge is -2.53. The highest BCUT2D eigenvalue weighted by Gasteiger charge is 2.52. The fourth-order valence-electron chi connectivity index (χ4n) is 7.00. The number of esters is 1. The molecule has 0 amide bonds. The number of carbonyl (C=O) groups is 1. The molecule has 1 N–H and O–H groups in total. The molecule has 5 heteroatoms. The molecule has 1 saturated carbocycles. The quantitative estimate of drug-likeness (QED) is 0.500. The van der Waals surface area contributed by atoms with Gasteiger partial charge in [-0.2, -0.15) is 0 Å². The second kappa shape index (κ2) is 10.0. The van der Waals surface area contributed by atoms with Gasteiger partial charge in [0.15, 0.2) is 0 Å². The monoisotopic (exact) mass is 468 g/mol. The first kappa shape index (κ1) is 25.2. The Balaban J connectivity index is 1.42. The number of benzene rings is 1. The zero-order valence-electron chi connectivity index (χ0n) is 22.0. The summed E-state index contributed by atoms with van der Waals surface area (Å²) < 4.78 is 5.57. The fraction of sp³-hybridized carbons (Fsp3) is 0.690. The Labute approximate surface area is 206 Å². The van der Waals surface area contributed by atoms with Crippen molar-refractivity contribution in [3.05, 3.63) is 41.0 Å². The van der Waals surface area contributed by atoms with Gasteiger partial charge in [-0.3, -0.25) is 9.69 Å². The third kappa shape index (κ3) is 4.92. The number of fused-ring (bicyclic) bond motifs is 1. The first-order valence-electron chi connectivity index (χ1n) is 13.2. The highest BCUT2D eigenvalue weighted by molar-refractivity contribution is 5.66. The fourth-order valence-corrected chi connectivity index (χ4v) is 7.00. The normalized spacial score (nSPS) is 33.1. The van der Waals surface area contributed by atoms with E-state index in [9.17, 15) is 9.90 Å². The summed E-state index contributed by atoms with van der Waals surface area (Å²) in [6, 6.07) is 6.58. The van der Waals surface area contributed by atoms with Crippen molar-refractivity contribution in [3.63, 3.8) is 0 Å². The van der Waals surface area contributed by atoms with Crippen LogP contribution in [0.15, 0.2) is 29.8 Å². The van der Waals surface area contributed by atoms with Gasteiger partial charge in [0.1, 0.15) is 6.10 Å². The number of para-hydroxylation sites is 1. The predicted molar refractivity (Wildman–Crippen MR) is 138 cm³/mol. The van der Waals surface area contributed by atoms with Crippen molar-refractivity contribution in [1.82, 2.24) is 4.90 Å². The standard InChI is InChI=1S/C29H44N2O3/c1-19-8-7-9-20(2)28(19)31-14-12-30(13-15-31)18-22(4)25-11-10-23(5)29(33)17-27(34-24(6)32)21(3)16-26(25)29/h7-9,16,22-23,25-27,33H,10-15,17-18H2,1-6H3/t22?,23-,25+,26-,27-,29-/m1/s1. The van der Waals surface area contributed by atoms with Crippen molar-refractivity contribution in [2.24, 2.45) is 23.7 Å². The molecule has 3 aliphatic rings. The van der Waals surface area contributed by atoms with Gasteiger partial charge >= 0.3 is 5.97 Å². The molecule has 2 fully saturated rings. The van der Waals surface area contributed by atoms with Crippen LogP contribution in [0.2, 0.25) is 0 Å². The van der Waals surface area contributed by atoms with Crippen molar-refractivity contribution in [1.29, 1.82) is 0 Å². The third-order valence-corrected chi connectivity index (χ3v) is 9.00. The topological polar surface area (TPSA) is 53.0 Å². The molecule has 188 valence electrons. The van der Waals surface area contributed by atoms with E-state index >= 15 is 0 Å². The Bertz CT molecular complexity index is 900. The van der Waals surface area contributed by atoms with E-state index in [-0.39, 0.29) is 23.9 Å². The summed E-state index contributed by atoms with van der Waals surface area (Å²) >= 11 is 0. The number of hydrogen-bond acceptors (Lipinski definition) is 5. The number of ether oxygens (including phenoxy) is 1. The van der Waals surface area contributed by atoms with Gasteiger partial charge in [0, 0.05) is 57.7 Å².